The lowest BCUT2D eigenvalue weighted by Crippen LogP contribution is -3.06. The first-order chi connectivity index (χ1) is 10.1. The quantitative estimate of drug-likeness (QED) is 0.747. The van der Waals surface area contributed by atoms with Crippen LogP contribution in [0.4, 0.5) is 0 Å². The van der Waals surface area contributed by atoms with Crippen LogP contribution in [0.5, 0.6) is 5.75 Å². The highest BCUT2D eigenvalue weighted by molar-refractivity contribution is 7.24. The van der Waals surface area contributed by atoms with Gasteiger partial charge in [-0.3, -0.25) is 4.79 Å². The van der Waals surface area contributed by atoms with Gasteiger partial charge in [0.05, 0.1) is 14.1 Å². The lowest BCUT2D eigenvalue weighted by atomic mass is 10.2. The number of quaternary nitrogens is 1. The van der Waals surface area contributed by atoms with Crippen LogP contribution in [0.25, 0.3) is 20.2 Å². The third-order valence-electron chi connectivity index (χ3n) is 3.42. The predicted octanol–water partition coefficient (Wildman–Crippen LogP) is 1.94. The van der Waals surface area contributed by atoms with Crippen LogP contribution in [0.3, 0.4) is 0 Å². The number of likely N-dealkylation sites (N-methyl/N-ethyl adjacent to an activating group) is 1. The van der Waals surface area contributed by atoms with Crippen LogP contribution in [-0.2, 0) is 0 Å². The Morgan fingerprint density at radius 2 is 1.81 bits per heavy atom. The Hall–Kier alpha value is -1.91. The van der Waals surface area contributed by atoms with Gasteiger partial charge in [0.15, 0.2) is 5.43 Å². The molecule has 0 aliphatic heterocycles. The second kappa shape index (κ2) is 5.84. The molecule has 1 heterocycles. The molecule has 108 valence electrons. The molecule has 3 nitrogen and oxygen atoms in total. The molecule has 2 aromatic carbocycles. The summed E-state index contributed by atoms with van der Waals surface area (Å²) in [5, 5.41) is 1.53. The van der Waals surface area contributed by atoms with E-state index in [-0.39, 0.29) is 5.43 Å². The highest BCUT2D eigenvalue weighted by Crippen LogP contribution is 2.27. The summed E-state index contributed by atoms with van der Waals surface area (Å²) in [7, 11) is 4.18. The van der Waals surface area contributed by atoms with Crippen LogP contribution >= 0.6 is 11.3 Å². The molecule has 0 saturated carbocycles. The molecule has 21 heavy (non-hydrogen) atoms. The minimum atomic E-state index is 0.0861. The third-order valence-corrected chi connectivity index (χ3v) is 4.57. The Bertz CT molecular complexity index is 839. The fourth-order valence-corrected chi connectivity index (χ4v) is 3.30. The lowest BCUT2D eigenvalue weighted by molar-refractivity contribution is -0.858. The van der Waals surface area contributed by atoms with E-state index in [1.54, 1.807) is 11.3 Å². The lowest BCUT2D eigenvalue weighted by Gasteiger charge is -2.09. The van der Waals surface area contributed by atoms with Gasteiger partial charge in [-0.15, -0.1) is 11.3 Å². The van der Waals surface area contributed by atoms with Crippen LogP contribution in [0.1, 0.15) is 0 Å². The number of fused-ring (bicyclic) bond motifs is 2. The molecule has 0 aliphatic carbocycles. The molecule has 0 unspecified atom stereocenters. The highest BCUT2D eigenvalue weighted by atomic mass is 32.1. The zero-order valence-corrected chi connectivity index (χ0v) is 13.0. The molecule has 0 bridgehead atoms. The smallest absolute Gasteiger partial charge is 0.196 e. The second-order valence-corrected chi connectivity index (χ2v) is 6.47. The fraction of sp³-hybridized carbons (Fsp3) is 0.235. The van der Waals surface area contributed by atoms with Gasteiger partial charge in [0.1, 0.15) is 18.9 Å². The molecule has 3 rings (SSSR count). The molecule has 0 atom stereocenters. The summed E-state index contributed by atoms with van der Waals surface area (Å²) in [6.07, 6.45) is 0. The van der Waals surface area contributed by atoms with Gasteiger partial charge >= 0.3 is 0 Å². The average molecular weight is 300 g/mol. The minimum Gasteiger partial charge on any atom is -0.488 e. The molecular formula is C17H18NO2S+. The molecule has 3 aromatic rings. The van der Waals surface area contributed by atoms with E-state index < -0.39 is 0 Å². The van der Waals surface area contributed by atoms with Crippen molar-refractivity contribution in [2.45, 2.75) is 0 Å². The van der Waals surface area contributed by atoms with E-state index in [1.807, 2.05) is 42.5 Å². The Balaban J connectivity index is 2.02. The van der Waals surface area contributed by atoms with E-state index in [2.05, 4.69) is 14.1 Å². The van der Waals surface area contributed by atoms with Gasteiger partial charge in [0.2, 0.25) is 0 Å². The highest BCUT2D eigenvalue weighted by Gasteiger charge is 2.07. The zero-order valence-electron chi connectivity index (χ0n) is 12.2. The third kappa shape index (κ3) is 2.91. The maximum Gasteiger partial charge on any atom is 0.196 e. The van der Waals surface area contributed by atoms with Crippen LogP contribution in [-0.4, -0.2) is 27.2 Å². The summed E-state index contributed by atoms with van der Waals surface area (Å²) in [6.45, 7) is 1.58. The van der Waals surface area contributed by atoms with Crippen LogP contribution < -0.4 is 15.1 Å². The maximum atomic E-state index is 12.6. The Labute approximate surface area is 127 Å². The second-order valence-electron chi connectivity index (χ2n) is 5.39. The molecule has 0 amide bonds. The van der Waals surface area contributed by atoms with Gasteiger partial charge in [0.25, 0.3) is 0 Å². The average Bonchev–Trinajstić information content (AvgIpc) is 2.48. The summed E-state index contributed by atoms with van der Waals surface area (Å²) in [5.41, 5.74) is 0.0861. The van der Waals surface area contributed by atoms with Crippen molar-refractivity contribution in [3.8, 4) is 5.75 Å². The van der Waals surface area contributed by atoms with Crippen molar-refractivity contribution >= 4 is 31.5 Å². The number of benzene rings is 2. The Morgan fingerprint density at radius 1 is 1.05 bits per heavy atom. The van der Waals surface area contributed by atoms with E-state index in [0.717, 1.165) is 32.5 Å². The molecule has 1 N–H and O–H groups in total. The molecular weight excluding hydrogens is 282 g/mol. The first kappa shape index (κ1) is 14.0. The summed E-state index contributed by atoms with van der Waals surface area (Å²) in [6, 6.07) is 13.5. The Morgan fingerprint density at radius 3 is 2.62 bits per heavy atom. The largest absolute Gasteiger partial charge is 0.488 e. The van der Waals surface area contributed by atoms with Crippen molar-refractivity contribution < 1.29 is 9.64 Å². The fourth-order valence-electron chi connectivity index (χ4n) is 2.25. The van der Waals surface area contributed by atoms with Gasteiger partial charge < -0.3 is 9.64 Å². The molecule has 0 spiro atoms. The van der Waals surface area contributed by atoms with Crippen molar-refractivity contribution in [1.82, 2.24) is 0 Å². The first-order valence-corrected chi connectivity index (χ1v) is 7.84. The normalized spacial score (nSPS) is 11.4. The van der Waals surface area contributed by atoms with E-state index in [0.29, 0.717) is 6.61 Å². The van der Waals surface area contributed by atoms with E-state index >= 15 is 0 Å². The summed E-state index contributed by atoms with van der Waals surface area (Å²) < 4.78 is 7.77. The van der Waals surface area contributed by atoms with Crippen molar-refractivity contribution in [3.63, 3.8) is 0 Å². The van der Waals surface area contributed by atoms with E-state index in [4.69, 9.17) is 4.74 Å². The Kier molecular flexibility index (Phi) is 3.90. The monoisotopic (exact) mass is 300 g/mol. The molecule has 0 saturated heterocycles. The van der Waals surface area contributed by atoms with Gasteiger partial charge in [-0.1, -0.05) is 12.1 Å². The van der Waals surface area contributed by atoms with Gasteiger partial charge in [-0.25, -0.2) is 0 Å². The molecule has 1 aromatic heterocycles. The number of ether oxygens (including phenoxy) is 1. The van der Waals surface area contributed by atoms with Crippen molar-refractivity contribution in [2.24, 2.45) is 0 Å². The standard InChI is InChI=1S/C17H17NO2S/c1-18(2)9-10-20-12-7-8-16-14(11-12)17(19)13-5-3-4-6-15(13)21-16/h3-8,11H,9-10H2,1-2H3/p+1. The topological polar surface area (TPSA) is 30.7 Å². The summed E-state index contributed by atoms with van der Waals surface area (Å²) >= 11 is 1.64. The number of nitrogens with one attached hydrogen (secondary N) is 1. The van der Waals surface area contributed by atoms with E-state index in [9.17, 15) is 4.79 Å². The van der Waals surface area contributed by atoms with Gasteiger partial charge in [-0.2, -0.15) is 0 Å². The number of hydrogen-bond donors (Lipinski definition) is 1. The zero-order chi connectivity index (χ0) is 14.8. The van der Waals surface area contributed by atoms with Crippen LogP contribution in [0.2, 0.25) is 0 Å². The molecule has 0 radical (unpaired) electrons. The number of hydrogen-bond acceptors (Lipinski definition) is 3. The molecule has 0 fully saturated rings. The summed E-state index contributed by atoms with van der Waals surface area (Å²) in [5.74, 6) is 0.767. The van der Waals surface area contributed by atoms with Gasteiger partial charge in [0, 0.05) is 20.2 Å². The minimum absolute atomic E-state index is 0.0861. The molecule has 4 heteroatoms. The van der Waals surface area contributed by atoms with Gasteiger partial charge in [-0.05, 0) is 30.3 Å². The van der Waals surface area contributed by atoms with Crippen molar-refractivity contribution in [2.75, 3.05) is 27.2 Å². The van der Waals surface area contributed by atoms with Crippen molar-refractivity contribution in [1.29, 1.82) is 0 Å². The maximum absolute atomic E-state index is 12.6. The molecule has 0 aliphatic rings. The van der Waals surface area contributed by atoms with Crippen molar-refractivity contribution in [3.05, 3.63) is 52.7 Å². The van der Waals surface area contributed by atoms with Crippen LogP contribution in [0.15, 0.2) is 47.3 Å². The number of rotatable bonds is 4. The first-order valence-electron chi connectivity index (χ1n) is 7.02. The van der Waals surface area contributed by atoms with Crippen LogP contribution in [0, 0.1) is 0 Å². The SMILES string of the molecule is C[NH+](C)CCOc1ccc2sc3ccccc3c(=O)c2c1. The summed E-state index contributed by atoms with van der Waals surface area (Å²) in [4.78, 5) is 13.9. The van der Waals surface area contributed by atoms with E-state index in [1.165, 1.54) is 4.90 Å². The predicted molar refractivity (Wildman–Crippen MR) is 88.8 cm³/mol.